The first-order valence-corrected chi connectivity index (χ1v) is 6.30. The molecule has 1 aliphatic rings. The molecular weight excluding hydrogens is 220 g/mol. The first-order chi connectivity index (χ1) is 8.83. The summed E-state index contributed by atoms with van der Waals surface area (Å²) in [5, 5.41) is 0. The summed E-state index contributed by atoms with van der Waals surface area (Å²) in [6, 6.07) is 16.6. The fourth-order valence-electron chi connectivity index (χ4n) is 2.33. The lowest BCUT2D eigenvalue weighted by Crippen LogP contribution is -1.96. The fraction of sp³-hybridized carbons (Fsp3) is 0.176. The molecule has 0 aromatic heterocycles. The summed E-state index contributed by atoms with van der Waals surface area (Å²) < 4.78 is 5.83. The van der Waals surface area contributed by atoms with Crippen molar-refractivity contribution in [3.8, 4) is 5.75 Å². The molecule has 0 atom stereocenters. The van der Waals surface area contributed by atoms with Gasteiger partial charge >= 0.3 is 0 Å². The van der Waals surface area contributed by atoms with Gasteiger partial charge in [-0.05, 0) is 47.7 Å². The summed E-state index contributed by atoms with van der Waals surface area (Å²) in [6.45, 7) is 2.79. The van der Waals surface area contributed by atoms with Gasteiger partial charge in [0.1, 0.15) is 12.4 Å². The standard InChI is InChI=1S/C17H16O/c1-13-7-8-15-11-16(9-10-17(13)15)18-12-14-5-3-2-4-6-14/h2-7,9-11H,8,12H2,1H3. The molecule has 1 aliphatic carbocycles. The number of hydrogen-bond donors (Lipinski definition) is 0. The Morgan fingerprint density at radius 1 is 1.06 bits per heavy atom. The third kappa shape index (κ3) is 2.17. The Hall–Kier alpha value is -2.02. The summed E-state index contributed by atoms with van der Waals surface area (Å²) in [4.78, 5) is 0. The molecule has 0 bridgehead atoms. The first kappa shape index (κ1) is 11.1. The van der Waals surface area contributed by atoms with E-state index in [9.17, 15) is 0 Å². The van der Waals surface area contributed by atoms with Crippen molar-refractivity contribution in [2.45, 2.75) is 20.0 Å². The smallest absolute Gasteiger partial charge is 0.120 e. The van der Waals surface area contributed by atoms with E-state index in [0.717, 1.165) is 12.2 Å². The molecule has 0 radical (unpaired) electrons. The van der Waals surface area contributed by atoms with E-state index >= 15 is 0 Å². The molecule has 0 aliphatic heterocycles. The highest BCUT2D eigenvalue weighted by Gasteiger charge is 2.11. The van der Waals surface area contributed by atoms with Crippen LogP contribution in [0.3, 0.4) is 0 Å². The monoisotopic (exact) mass is 236 g/mol. The summed E-state index contributed by atoms with van der Waals surface area (Å²) in [5.41, 5.74) is 5.31. The van der Waals surface area contributed by atoms with E-state index in [1.165, 1.54) is 22.3 Å². The molecule has 0 heterocycles. The van der Waals surface area contributed by atoms with Crippen LogP contribution in [-0.2, 0) is 13.0 Å². The van der Waals surface area contributed by atoms with Gasteiger partial charge in [-0.2, -0.15) is 0 Å². The Kier molecular flexibility index (Phi) is 2.89. The zero-order chi connectivity index (χ0) is 12.4. The van der Waals surface area contributed by atoms with Crippen LogP contribution in [0, 0.1) is 0 Å². The van der Waals surface area contributed by atoms with Gasteiger partial charge in [-0.25, -0.2) is 0 Å². The van der Waals surface area contributed by atoms with Gasteiger partial charge in [-0.15, -0.1) is 0 Å². The lowest BCUT2D eigenvalue weighted by molar-refractivity contribution is 0.306. The summed E-state index contributed by atoms with van der Waals surface area (Å²) in [5.74, 6) is 0.959. The van der Waals surface area contributed by atoms with Crippen molar-refractivity contribution >= 4 is 5.57 Å². The SMILES string of the molecule is CC1=CCc2cc(OCc3ccccc3)ccc21. The van der Waals surface area contributed by atoms with Crippen LogP contribution in [-0.4, -0.2) is 0 Å². The Labute approximate surface area is 108 Å². The molecule has 1 heteroatoms. The van der Waals surface area contributed by atoms with Crippen molar-refractivity contribution in [3.05, 3.63) is 71.3 Å². The fourth-order valence-corrected chi connectivity index (χ4v) is 2.33. The summed E-state index contributed by atoms with van der Waals surface area (Å²) in [6.07, 6.45) is 3.30. The maximum absolute atomic E-state index is 5.83. The van der Waals surface area contributed by atoms with Crippen LogP contribution in [0.25, 0.3) is 5.57 Å². The molecule has 1 nitrogen and oxygen atoms in total. The largest absolute Gasteiger partial charge is 0.489 e. The third-order valence-corrected chi connectivity index (χ3v) is 3.38. The molecule has 0 saturated carbocycles. The second kappa shape index (κ2) is 4.69. The Bertz CT molecular complexity index is 582. The minimum absolute atomic E-state index is 0.631. The van der Waals surface area contributed by atoms with Crippen molar-refractivity contribution in [3.63, 3.8) is 0 Å². The Morgan fingerprint density at radius 3 is 2.72 bits per heavy atom. The van der Waals surface area contributed by atoms with E-state index in [0.29, 0.717) is 6.61 Å². The normalized spacial score (nSPS) is 13.1. The van der Waals surface area contributed by atoms with E-state index < -0.39 is 0 Å². The molecular formula is C17H16O. The minimum atomic E-state index is 0.631. The highest BCUT2D eigenvalue weighted by molar-refractivity contribution is 5.72. The highest BCUT2D eigenvalue weighted by atomic mass is 16.5. The van der Waals surface area contributed by atoms with Gasteiger partial charge in [-0.3, -0.25) is 0 Å². The van der Waals surface area contributed by atoms with Gasteiger partial charge in [0.15, 0.2) is 0 Å². The van der Waals surface area contributed by atoms with Crippen LogP contribution in [0.1, 0.15) is 23.6 Å². The molecule has 2 aromatic carbocycles. The quantitative estimate of drug-likeness (QED) is 0.775. The maximum Gasteiger partial charge on any atom is 0.120 e. The number of fused-ring (bicyclic) bond motifs is 1. The van der Waals surface area contributed by atoms with Crippen LogP contribution < -0.4 is 4.74 Å². The molecule has 0 amide bonds. The number of hydrogen-bond acceptors (Lipinski definition) is 1. The van der Waals surface area contributed by atoms with Gasteiger partial charge < -0.3 is 4.74 Å². The van der Waals surface area contributed by atoms with Gasteiger partial charge in [0.05, 0.1) is 0 Å². The molecule has 0 spiro atoms. The molecule has 0 fully saturated rings. The molecule has 0 N–H and O–H groups in total. The van der Waals surface area contributed by atoms with E-state index in [4.69, 9.17) is 4.74 Å². The number of ether oxygens (including phenoxy) is 1. The van der Waals surface area contributed by atoms with Crippen molar-refractivity contribution in [1.29, 1.82) is 0 Å². The predicted octanol–water partition coefficient (Wildman–Crippen LogP) is 4.23. The second-order valence-electron chi connectivity index (χ2n) is 4.68. The average Bonchev–Trinajstić information content (AvgIpc) is 2.79. The zero-order valence-electron chi connectivity index (χ0n) is 10.5. The summed E-state index contributed by atoms with van der Waals surface area (Å²) in [7, 11) is 0. The third-order valence-electron chi connectivity index (χ3n) is 3.38. The molecule has 90 valence electrons. The molecule has 0 saturated heterocycles. The van der Waals surface area contributed by atoms with E-state index in [1.807, 2.05) is 18.2 Å². The number of rotatable bonds is 3. The Morgan fingerprint density at radius 2 is 1.89 bits per heavy atom. The van der Waals surface area contributed by atoms with E-state index in [1.54, 1.807) is 0 Å². The van der Waals surface area contributed by atoms with Crippen LogP contribution in [0.4, 0.5) is 0 Å². The number of benzene rings is 2. The molecule has 18 heavy (non-hydrogen) atoms. The van der Waals surface area contributed by atoms with Crippen molar-refractivity contribution in [1.82, 2.24) is 0 Å². The van der Waals surface area contributed by atoms with Crippen molar-refractivity contribution < 1.29 is 4.74 Å². The van der Waals surface area contributed by atoms with Crippen LogP contribution in [0.5, 0.6) is 5.75 Å². The first-order valence-electron chi connectivity index (χ1n) is 6.30. The predicted molar refractivity (Wildman–Crippen MR) is 74.6 cm³/mol. The van der Waals surface area contributed by atoms with Gasteiger partial charge in [-0.1, -0.05) is 42.5 Å². The minimum Gasteiger partial charge on any atom is -0.489 e. The molecule has 0 unspecified atom stereocenters. The van der Waals surface area contributed by atoms with Gasteiger partial charge in [0.25, 0.3) is 0 Å². The zero-order valence-corrected chi connectivity index (χ0v) is 10.5. The van der Waals surface area contributed by atoms with Gasteiger partial charge in [0, 0.05) is 0 Å². The summed E-state index contributed by atoms with van der Waals surface area (Å²) >= 11 is 0. The van der Waals surface area contributed by atoms with Crippen LogP contribution >= 0.6 is 0 Å². The topological polar surface area (TPSA) is 9.23 Å². The molecule has 2 aromatic rings. The van der Waals surface area contributed by atoms with Crippen molar-refractivity contribution in [2.75, 3.05) is 0 Å². The van der Waals surface area contributed by atoms with Crippen LogP contribution in [0.15, 0.2) is 54.6 Å². The van der Waals surface area contributed by atoms with Crippen molar-refractivity contribution in [2.24, 2.45) is 0 Å². The highest BCUT2D eigenvalue weighted by Crippen LogP contribution is 2.30. The van der Waals surface area contributed by atoms with E-state index in [-0.39, 0.29) is 0 Å². The maximum atomic E-state index is 5.83. The van der Waals surface area contributed by atoms with Gasteiger partial charge in [0.2, 0.25) is 0 Å². The molecule has 3 rings (SSSR count). The lowest BCUT2D eigenvalue weighted by atomic mass is 10.1. The lowest BCUT2D eigenvalue weighted by Gasteiger charge is -2.08. The van der Waals surface area contributed by atoms with E-state index in [2.05, 4.69) is 43.3 Å². The second-order valence-corrected chi connectivity index (χ2v) is 4.68. The van der Waals surface area contributed by atoms with Crippen LogP contribution in [0.2, 0.25) is 0 Å². The Balaban J connectivity index is 1.72. The average molecular weight is 236 g/mol. The number of allylic oxidation sites excluding steroid dienone is 2.